The van der Waals surface area contributed by atoms with Crippen molar-refractivity contribution >= 4 is 10.0 Å². The van der Waals surface area contributed by atoms with E-state index in [4.69, 9.17) is 10.5 Å². The van der Waals surface area contributed by atoms with Crippen molar-refractivity contribution in [2.24, 2.45) is 5.73 Å². The second-order valence-electron chi connectivity index (χ2n) is 5.32. The summed E-state index contributed by atoms with van der Waals surface area (Å²) < 4.78 is 32.6. The largest absolute Gasteiger partial charge is 0.496 e. The molecule has 0 amide bonds. The zero-order valence-corrected chi connectivity index (χ0v) is 13.5. The van der Waals surface area contributed by atoms with Crippen molar-refractivity contribution in [3.05, 3.63) is 23.8 Å². The Kier molecular flexibility index (Phi) is 5.24. The van der Waals surface area contributed by atoms with Gasteiger partial charge in [-0.05, 0) is 31.0 Å². The van der Waals surface area contributed by atoms with Crippen molar-refractivity contribution in [2.45, 2.75) is 50.1 Å². The van der Waals surface area contributed by atoms with Gasteiger partial charge in [-0.15, -0.1) is 0 Å². The molecule has 2 rings (SSSR count). The van der Waals surface area contributed by atoms with Gasteiger partial charge >= 0.3 is 0 Å². The number of nitrogens with zero attached hydrogens (tertiary/aromatic N) is 1. The van der Waals surface area contributed by atoms with E-state index in [-0.39, 0.29) is 12.6 Å². The van der Waals surface area contributed by atoms with Gasteiger partial charge in [0.1, 0.15) is 5.75 Å². The Morgan fingerprint density at radius 1 is 1.33 bits per heavy atom. The zero-order chi connectivity index (χ0) is 15.5. The molecule has 0 heterocycles. The number of ether oxygens (including phenoxy) is 1. The standard InChI is InChI=1S/C15H24N2O3S/c1-3-17(13-6-4-5-7-13)21(18,19)14-8-9-15(20-2)12(10-14)11-16/h8-10,13H,3-7,11,16H2,1-2H3. The Labute approximate surface area is 127 Å². The molecule has 0 atom stereocenters. The Morgan fingerprint density at radius 3 is 2.52 bits per heavy atom. The molecule has 0 spiro atoms. The van der Waals surface area contributed by atoms with E-state index < -0.39 is 10.0 Å². The Morgan fingerprint density at radius 2 is 2.00 bits per heavy atom. The Hall–Kier alpha value is -1.11. The molecule has 6 heteroatoms. The fraction of sp³-hybridized carbons (Fsp3) is 0.600. The molecule has 0 aliphatic heterocycles. The maximum absolute atomic E-state index is 12.9. The van der Waals surface area contributed by atoms with Crippen molar-refractivity contribution in [1.29, 1.82) is 0 Å². The fourth-order valence-corrected chi connectivity index (χ4v) is 4.77. The molecule has 1 aliphatic carbocycles. The van der Waals surface area contributed by atoms with E-state index in [2.05, 4.69) is 0 Å². The molecule has 5 nitrogen and oxygen atoms in total. The van der Waals surface area contributed by atoms with E-state index in [0.717, 1.165) is 25.7 Å². The Bertz CT molecular complexity index is 581. The highest BCUT2D eigenvalue weighted by Gasteiger charge is 2.32. The lowest BCUT2D eigenvalue weighted by molar-refractivity contribution is 0.335. The lowest BCUT2D eigenvalue weighted by Crippen LogP contribution is -2.38. The van der Waals surface area contributed by atoms with E-state index in [1.165, 1.54) is 0 Å². The predicted octanol–water partition coefficient (Wildman–Crippen LogP) is 2.11. The summed E-state index contributed by atoms with van der Waals surface area (Å²) in [6, 6.07) is 5.04. The van der Waals surface area contributed by atoms with E-state index in [9.17, 15) is 8.42 Å². The molecule has 1 aliphatic rings. The van der Waals surface area contributed by atoms with Gasteiger partial charge < -0.3 is 10.5 Å². The number of hydrogen-bond acceptors (Lipinski definition) is 4. The molecule has 0 unspecified atom stereocenters. The molecule has 0 saturated heterocycles. The lowest BCUT2D eigenvalue weighted by atomic mass is 10.2. The molecule has 2 N–H and O–H groups in total. The first-order valence-corrected chi connectivity index (χ1v) is 8.87. The number of rotatable bonds is 6. The van der Waals surface area contributed by atoms with Gasteiger partial charge in [-0.2, -0.15) is 4.31 Å². The molecule has 0 aromatic heterocycles. The molecule has 1 aromatic carbocycles. The van der Waals surface area contributed by atoms with Crippen LogP contribution in [0.2, 0.25) is 0 Å². The smallest absolute Gasteiger partial charge is 0.243 e. The van der Waals surface area contributed by atoms with E-state index in [1.807, 2.05) is 6.92 Å². The van der Waals surface area contributed by atoms with Gasteiger partial charge in [-0.3, -0.25) is 0 Å². The monoisotopic (exact) mass is 312 g/mol. The number of nitrogens with two attached hydrogens (primary N) is 1. The van der Waals surface area contributed by atoms with Crippen LogP contribution in [0.3, 0.4) is 0 Å². The molecule has 0 bridgehead atoms. The maximum Gasteiger partial charge on any atom is 0.243 e. The second-order valence-corrected chi connectivity index (χ2v) is 7.21. The van der Waals surface area contributed by atoms with E-state index in [0.29, 0.717) is 22.8 Å². The number of methoxy groups -OCH3 is 1. The summed E-state index contributed by atoms with van der Waals surface area (Å²) in [5, 5.41) is 0. The van der Waals surface area contributed by atoms with Crippen molar-refractivity contribution in [2.75, 3.05) is 13.7 Å². The highest BCUT2D eigenvalue weighted by molar-refractivity contribution is 7.89. The molecule has 21 heavy (non-hydrogen) atoms. The van der Waals surface area contributed by atoms with Crippen molar-refractivity contribution < 1.29 is 13.2 Å². The average Bonchev–Trinajstić information content (AvgIpc) is 3.00. The predicted molar refractivity (Wildman–Crippen MR) is 82.7 cm³/mol. The summed E-state index contributed by atoms with van der Waals surface area (Å²) in [4.78, 5) is 0.303. The SMILES string of the molecule is CCN(C1CCCC1)S(=O)(=O)c1ccc(OC)c(CN)c1. The van der Waals surface area contributed by atoms with Gasteiger partial charge in [0.05, 0.1) is 12.0 Å². The minimum absolute atomic E-state index is 0.128. The molecule has 0 radical (unpaired) electrons. The van der Waals surface area contributed by atoms with Crippen LogP contribution in [0.4, 0.5) is 0 Å². The van der Waals surface area contributed by atoms with Crippen LogP contribution in [0.5, 0.6) is 5.75 Å². The maximum atomic E-state index is 12.9. The third-order valence-corrected chi connectivity index (χ3v) is 6.15. The van der Waals surface area contributed by atoms with E-state index in [1.54, 1.807) is 29.6 Å². The molecule has 1 fully saturated rings. The molecular weight excluding hydrogens is 288 g/mol. The van der Waals surface area contributed by atoms with Crippen LogP contribution in [0.25, 0.3) is 0 Å². The molecule has 1 aromatic rings. The molecular formula is C15H24N2O3S. The second kappa shape index (κ2) is 6.77. The van der Waals surface area contributed by atoms with Crippen LogP contribution in [-0.2, 0) is 16.6 Å². The molecule has 118 valence electrons. The first-order chi connectivity index (χ1) is 10.0. The fourth-order valence-electron chi connectivity index (χ4n) is 3.03. The third-order valence-electron chi connectivity index (χ3n) is 4.12. The first kappa shape index (κ1) is 16.3. The van der Waals surface area contributed by atoms with Crippen LogP contribution in [0.15, 0.2) is 23.1 Å². The first-order valence-electron chi connectivity index (χ1n) is 7.43. The van der Waals surface area contributed by atoms with Gasteiger partial charge in [0.2, 0.25) is 10.0 Å². The summed E-state index contributed by atoms with van der Waals surface area (Å²) in [5.74, 6) is 0.625. The van der Waals surface area contributed by atoms with Crippen LogP contribution in [-0.4, -0.2) is 32.4 Å². The van der Waals surface area contributed by atoms with Crippen molar-refractivity contribution in [1.82, 2.24) is 4.31 Å². The number of sulfonamides is 1. The van der Waals surface area contributed by atoms with Gasteiger partial charge in [0.15, 0.2) is 0 Å². The minimum atomic E-state index is -3.47. The van der Waals surface area contributed by atoms with Crippen LogP contribution < -0.4 is 10.5 Å². The lowest BCUT2D eigenvalue weighted by Gasteiger charge is -2.27. The number of hydrogen-bond donors (Lipinski definition) is 1. The zero-order valence-electron chi connectivity index (χ0n) is 12.7. The summed E-state index contributed by atoms with van der Waals surface area (Å²) in [5.41, 5.74) is 6.39. The number of benzene rings is 1. The van der Waals surface area contributed by atoms with Crippen molar-refractivity contribution in [3.63, 3.8) is 0 Å². The molecule has 1 saturated carbocycles. The van der Waals surface area contributed by atoms with Gasteiger partial charge in [0.25, 0.3) is 0 Å². The Balaban J connectivity index is 2.37. The topological polar surface area (TPSA) is 72.6 Å². The normalized spacial score (nSPS) is 16.6. The minimum Gasteiger partial charge on any atom is -0.496 e. The van der Waals surface area contributed by atoms with Crippen LogP contribution in [0.1, 0.15) is 38.2 Å². The third kappa shape index (κ3) is 3.22. The van der Waals surface area contributed by atoms with Crippen molar-refractivity contribution in [3.8, 4) is 5.75 Å². The van der Waals surface area contributed by atoms with Crippen LogP contribution >= 0.6 is 0 Å². The summed E-state index contributed by atoms with van der Waals surface area (Å²) in [6.07, 6.45) is 4.11. The quantitative estimate of drug-likeness (QED) is 0.873. The van der Waals surface area contributed by atoms with E-state index >= 15 is 0 Å². The summed E-state index contributed by atoms with van der Waals surface area (Å²) in [7, 11) is -1.91. The highest BCUT2D eigenvalue weighted by Crippen LogP contribution is 2.30. The van der Waals surface area contributed by atoms with Gasteiger partial charge in [0, 0.05) is 24.7 Å². The van der Waals surface area contributed by atoms with Crippen LogP contribution in [0, 0.1) is 0 Å². The highest BCUT2D eigenvalue weighted by atomic mass is 32.2. The van der Waals surface area contributed by atoms with Gasteiger partial charge in [-0.25, -0.2) is 8.42 Å². The summed E-state index contributed by atoms with van der Waals surface area (Å²) >= 11 is 0. The summed E-state index contributed by atoms with van der Waals surface area (Å²) in [6.45, 7) is 2.64. The average molecular weight is 312 g/mol. The van der Waals surface area contributed by atoms with Gasteiger partial charge in [-0.1, -0.05) is 19.8 Å².